The monoisotopic (exact) mass is 256 g/mol. The van der Waals surface area contributed by atoms with Crippen molar-refractivity contribution in [2.24, 2.45) is 0 Å². The van der Waals surface area contributed by atoms with E-state index in [1.807, 2.05) is 6.42 Å². The minimum absolute atomic E-state index is 0.202. The van der Waals surface area contributed by atoms with E-state index >= 15 is 0 Å². The molecular formula is C11H14NO4S. The first-order valence-electron chi connectivity index (χ1n) is 5.48. The van der Waals surface area contributed by atoms with Gasteiger partial charge in [-0.1, -0.05) is 12.2 Å². The number of carboxylic acids is 1. The Hall–Kier alpha value is -1.14. The van der Waals surface area contributed by atoms with Crippen molar-refractivity contribution in [2.75, 3.05) is 6.54 Å². The maximum atomic E-state index is 12.2. The Labute approximate surface area is 100 Å². The Morgan fingerprint density at radius 2 is 2.24 bits per heavy atom. The fourth-order valence-electron chi connectivity index (χ4n) is 2.10. The molecule has 0 aromatic heterocycles. The van der Waals surface area contributed by atoms with E-state index in [1.54, 1.807) is 12.2 Å². The third kappa shape index (κ3) is 2.28. The summed E-state index contributed by atoms with van der Waals surface area (Å²) < 4.78 is 25.6. The van der Waals surface area contributed by atoms with Gasteiger partial charge >= 0.3 is 5.97 Å². The predicted molar refractivity (Wildman–Crippen MR) is 62.4 cm³/mol. The lowest BCUT2D eigenvalue weighted by molar-refractivity contribution is -0.140. The highest BCUT2D eigenvalue weighted by molar-refractivity contribution is 7.93. The molecule has 1 unspecified atom stereocenters. The first-order chi connectivity index (χ1) is 8.03. The molecule has 6 heteroatoms. The summed E-state index contributed by atoms with van der Waals surface area (Å²) in [5.41, 5.74) is 0. The van der Waals surface area contributed by atoms with E-state index in [4.69, 9.17) is 5.11 Å². The summed E-state index contributed by atoms with van der Waals surface area (Å²) in [4.78, 5) is 11.2. The van der Waals surface area contributed by atoms with Crippen LogP contribution in [0.4, 0.5) is 0 Å². The molecule has 1 atom stereocenters. The van der Waals surface area contributed by atoms with Gasteiger partial charge in [-0.2, -0.15) is 4.31 Å². The summed E-state index contributed by atoms with van der Waals surface area (Å²) in [6.07, 6.45) is 8.19. The quantitative estimate of drug-likeness (QED) is 0.814. The number of rotatable bonds is 3. The van der Waals surface area contributed by atoms with E-state index in [0.717, 1.165) is 4.31 Å². The third-order valence-corrected chi connectivity index (χ3v) is 4.90. The Kier molecular flexibility index (Phi) is 3.35. The fraction of sp³-hybridized carbons (Fsp3) is 0.455. The molecule has 1 aliphatic heterocycles. The highest BCUT2D eigenvalue weighted by atomic mass is 32.2. The first-order valence-corrected chi connectivity index (χ1v) is 6.92. The molecule has 0 aromatic rings. The molecule has 1 heterocycles. The number of hydrogen-bond donors (Lipinski definition) is 1. The van der Waals surface area contributed by atoms with Crippen molar-refractivity contribution >= 4 is 16.0 Å². The maximum absolute atomic E-state index is 12.2. The topological polar surface area (TPSA) is 74.7 Å². The van der Waals surface area contributed by atoms with Gasteiger partial charge in [0.15, 0.2) is 0 Å². The van der Waals surface area contributed by atoms with Crippen molar-refractivity contribution in [3.8, 4) is 0 Å². The molecule has 5 nitrogen and oxygen atoms in total. The van der Waals surface area contributed by atoms with E-state index < -0.39 is 22.0 Å². The van der Waals surface area contributed by atoms with Crippen molar-refractivity contribution in [1.29, 1.82) is 0 Å². The van der Waals surface area contributed by atoms with Gasteiger partial charge in [0.05, 0.1) is 4.91 Å². The Bertz CT molecular complexity index is 478. The van der Waals surface area contributed by atoms with E-state index in [1.165, 1.54) is 6.08 Å². The van der Waals surface area contributed by atoms with Gasteiger partial charge in [0.2, 0.25) is 10.0 Å². The Morgan fingerprint density at radius 1 is 1.47 bits per heavy atom. The van der Waals surface area contributed by atoms with Crippen LogP contribution in [0.15, 0.2) is 23.1 Å². The normalized spacial score (nSPS) is 25.9. The highest BCUT2D eigenvalue weighted by Gasteiger charge is 2.39. The van der Waals surface area contributed by atoms with Crippen LogP contribution in [-0.2, 0) is 14.8 Å². The van der Waals surface area contributed by atoms with Crippen LogP contribution >= 0.6 is 0 Å². The second-order valence-electron chi connectivity index (χ2n) is 4.05. The minimum Gasteiger partial charge on any atom is -0.480 e. The lowest BCUT2D eigenvalue weighted by atomic mass is 10.2. The maximum Gasteiger partial charge on any atom is 0.322 e. The van der Waals surface area contributed by atoms with Gasteiger partial charge in [-0.05, 0) is 31.8 Å². The number of carbonyl (C=O) groups is 1. The van der Waals surface area contributed by atoms with Crippen LogP contribution in [0.2, 0.25) is 0 Å². The van der Waals surface area contributed by atoms with Crippen molar-refractivity contribution in [1.82, 2.24) is 4.31 Å². The molecule has 1 saturated heterocycles. The van der Waals surface area contributed by atoms with Crippen molar-refractivity contribution < 1.29 is 18.3 Å². The Balaban J connectivity index is 2.29. The number of allylic oxidation sites excluding steroid dienone is 3. The van der Waals surface area contributed by atoms with Gasteiger partial charge < -0.3 is 5.11 Å². The van der Waals surface area contributed by atoms with Crippen LogP contribution in [0.1, 0.15) is 19.3 Å². The molecule has 0 aromatic carbocycles. The zero-order chi connectivity index (χ0) is 12.5. The third-order valence-electron chi connectivity index (χ3n) is 2.95. The predicted octanol–water partition coefficient (Wildman–Crippen LogP) is 0.913. The van der Waals surface area contributed by atoms with Gasteiger partial charge in [-0.15, -0.1) is 0 Å². The van der Waals surface area contributed by atoms with Crippen LogP contribution in [-0.4, -0.2) is 36.4 Å². The summed E-state index contributed by atoms with van der Waals surface area (Å²) in [6, 6.07) is -0.916. The van der Waals surface area contributed by atoms with Crippen molar-refractivity contribution in [3.63, 3.8) is 0 Å². The van der Waals surface area contributed by atoms with Crippen LogP contribution < -0.4 is 0 Å². The minimum atomic E-state index is -3.65. The van der Waals surface area contributed by atoms with E-state index in [2.05, 4.69) is 0 Å². The Morgan fingerprint density at radius 3 is 2.82 bits per heavy atom. The molecule has 1 aliphatic carbocycles. The number of carboxylic acid groups (broad SMARTS) is 1. The number of aliphatic carboxylic acids is 1. The summed E-state index contributed by atoms with van der Waals surface area (Å²) in [7, 11) is -3.65. The lowest BCUT2D eigenvalue weighted by Crippen LogP contribution is -2.40. The molecular weight excluding hydrogens is 242 g/mol. The smallest absolute Gasteiger partial charge is 0.322 e. The molecule has 0 bridgehead atoms. The van der Waals surface area contributed by atoms with E-state index in [9.17, 15) is 13.2 Å². The second-order valence-corrected chi connectivity index (χ2v) is 5.94. The van der Waals surface area contributed by atoms with Crippen LogP contribution in [0.5, 0.6) is 0 Å². The molecule has 1 N–H and O–H groups in total. The average molecular weight is 256 g/mol. The fourth-order valence-corrected chi connectivity index (χ4v) is 3.82. The van der Waals surface area contributed by atoms with Gasteiger partial charge in [0, 0.05) is 6.54 Å². The molecule has 0 saturated carbocycles. The summed E-state index contributed by atoms with van der Waals surface area (Å²) in [5, 5.41) is 9.00. The molecule has 93 valence electrons. The van der Waals surface area contributed by atoms with Crippen LogP contribution in [0.3, 0.4) is 0 Å². The van der Waals surface area contributed by atoms with Gasteiger partial charge in [-0.25, -0.2) is 8.42 Å². The molecule has 0 spiro atoms. The number of hydrogen-bond acceptors (Lipinski definition) is 3. The summed E-state index contributed by atoms with van der Waals surface area (Å²) in [6.45, 7) is 0.286. The van der Waals surface area contributed by atoms with E-state index in [-0.39, 0.29) is 11.4 Å². The van der Waals surface area contributed by atoms with Gasteiger partial charge in [0.1, 0.15) is 6.04 Å². The number of nitrogens with zero attached hydrogens (tertiary/aromatic N) is 1. The molecule has 2 aliphatic rings. The molecule has 2 rings (SSSR count). The zero-order valence-corrected chi connectivity index (χ0v) is 10.1. The summed E-state index contributed by atoms with van der Waals surface area (Å²) >= 11 is 0. The zero-order valence-electron chi connectivity index (χ0n) is 9.24. The van der Waals surface area contributed by atoms with Gasteiger partial charge in [0.25, 0.3) is 0 Å². The van der Waals surface area contributed by atoms with E-state index in [0.29, 0.717) is 19.3 Å². The average Bonchev–Trinajstić information content (AvgIpc) is 2.80. The highest BCUT2D eigenvalue weighted by Crippen LogP contribution is 2.27. The summed E-state index contributed by atoms with van der Waals surface area (Å²) in [5.74, 6) is -1.07. The van der Waals surface area contributed by atoms with Crippen molar-refractivity contribution in [2.45, 2.75) is 25.3 Å². The lowest BCUT2D eigenvalue weighted by Gasteiger charge is -2.22. The first kappa shape index (κ1) is 12.3. The molecule has 0 amide bonds. The molecule has 1 radical (unpaired) electrons. The van der Waals surface area contributed by atoms with Crippen LogP contribution in [0.25, 0.3) is 0 Å². The van der Waals surface area contributed by atoms with Crippen molar-refractivity contribution in [3.05, 3.63) is 29.6 Å². The second kappa shape index (κ2) is 4.62. The SMILES string of the molecule is O=C(O)C1CCCN1S(=O)(=O)C1=CC[CH]C=C1. The van der Waals surface area contributed by atoms with Crippen LogP contribution in [0, 0.1) is 6.42 Å². The molecule has 1 fully saturated rings. The largest absolute Gasteiger partial charge is 0.480 e. The van der Waals surface area contributed by atoms with Gasteiger partial charge in [-0.3, -0.25) is 4.79 Å². The number of sulfonamides is 1. The standard InChI is InChI=1S/C11H14NO4S/c13-11(14)10-7-4-8-12(10)17(15,16)9-5-2-1-3-6-9/h1-2,5-6,10H,3-4,7-8H2,(H,13,14). The molecule has 17 heavy (non-hydrogen) atoms.